The molecule has 1 aliphatic carbocycles. The smallest absolute Gasteiger partial charge is 0.410 e. The Morgan fingerprint density at radius 3 is 2.52 bits per heavy atom. The molecule has 1 aromatic carbocycles. The fourth-order valence-corrected chi connectivity index (χ4v) is 6.13. The van der Waals surface area contributed by atoms with Gasteiger partial charge >= 0.3 is 6.09 Å². The SMILES string of the molecule is CC(C)(C)OC(=O)N1CCC(c2ccc(NC(=O)c3nc(Cl)n(COCC[Si](C)(C)C)n3)c(C3=CCCCC3)c2)CC1. The second kappa shape index (κ2) is 13.7. The molecule has 1 saturated heterocycles. The Kier molecular flexibility index (Phi) is 10.5. The third-order valence-corrected chi connectivity index (χ3v) is 9.57. The predicted molar refractivity (Wildman–Crippen MR) is 170 cm³/mol. The summed E-state index contributed by atoms with van der Waals surface area (Å²) in [5.41, 5.74) is 3.74. The molecule has 2 heterocycles. The van der Waals surface area contributed by atoms with Crippen LogP contribution < -0.4 is 5.32 Å². The highest BCUT2D eigenvalue weighted by molar-refractivity contribution is 6.76. The molecule has 0 saturated carbocycles. The van der Waals surface area contributed by atoms with E-state index in [1.54, 1.807) is 4.90 Å². The number of aromatic nitrogens is 3. The van der Waals surface area contributed by atoms with Gasteiger partial charge in [0.25, 0.3) is 5.91 Å². The number of nitrogens with zero attached hydrogens (tertiary/aromatic N) is 4. The van der Waals surface area contributed by atoms with Crippen molar-refractivity contribution in [1.82, 2.24) is 19.7 Å². The van der Waals surface area contributed by atoms with Gasteiger partial charge in [0.05, 0.1) is 0 Å². The maximum atomic E-state index is 13.2. The fraction of sp³-hybridized carbons (Fsp3) is 0.613. The van der Waals surface area contributed by atoms with E-state index in [2.05, 4.69) is 53.2 Å². The summed E-state index contributed by atoms with van der Waals surface area (Å²) in [5, 5.41) is 7.47. The summed E-state index contributed by atoms with van der Waals surface area (Å²) >= 11 is 6.28. The van der Waals surface area contributed by atoms with E-state index in [-0.39, 0.29) is 23.9 Å². The van der Waals surface area contributed by atoms with E-state index in [1.807, 2.05) is 26.8 Å². The van der Waals surface area contributed by atoms with Gasteiger partial charge < -0.3 is 19.7 Å². The van der Waals surface area contributed by atoms with Crippen LogP contribution >= 0.6 is 11.6 Å². The van der Waals surface area contributed by atoms with E-state index in [1.165, 1.54) is 22.2 Å². The first-order chi connectivity index (χ1) is 19.8. The molecule has 0 atom stereocenters. The molecule has 0 spiro atoms. The van der Waals surface area contributed by atoms with E-state index in [4.69, 9.17) is 21.1 Å². The lowest BCUT2D eigenvalue weighted by Crippen LogP contribution is -2.41. The number of rotatable bonds is 9. The molecule has 2 aromatic rings. The number of ether oxygens (including phenoxy) is 2. The molecule has 1 N–H and O–H groups in total. The van der Waals surface area contributed by atoms with Crippen LogP contribution in [-0.2, 0) is 16.2 Å². The van der Waals surface area contributed by atoms with Crippen LogP contribution in [0.3, 0.4) is 0 Å². The molecule has 1 fully saturated rings. The lowest BCUT2D eigenvalue weighted by molar-refractivity contribution is 0.0204. The highest BCUT2D eigenvalue weighted by Crippen LogP contribution is 2.37. The lowest BCUT2D eigenvalue weighted by atomic mass is 9.85. The summed E-state index contributed by atoms with van der Waals surface area (Å²) in [4.78, 5) is 31.8. The zero-order chi connectivity index (χ0) is 30.5. The van der Waals surface area contributed by atoms with E-state index in [9.17, 15) is 9.59 Å². The lowest BCUT2D eigenvalue weighted by Gasteiger charge is -2.34. The molecule has 1 aromatic heterocycles. The van der Waals surface area contributed by atoms with E-state index >= 15 is 0 Å². The molecular formula is C31H46ClN5O4Si. The number of halogens is 1. The average molecular weight is 616 g/mol. The van der Waals surface area contributed by atoms with Crippen LogP contribution in [0, 0.1) is 0 Å². The van der Waals surface area contributed by atoms with Crippen LogP contribution in [0.25, 0.3) is 5.57 Å². The van der Waals surface area contributed by atoms with E-state index < -0.39 is 19.6 Å². The highest BCUT2D eigenvalue weighted by Gasteiger charge is 2.28. The fourth-order valence-electron chi connectivity index (χ4n) is 5.20. The summed E-state index contributed by atoms with van der Waals surface area (Å²) in [5.74, 6) is -0.0710. The van der Waals surface area contributed by atoms with Crippen LogP contribution in [0.2, 0.25) is 31.0 Å². The third kappa shape index (κ3) is 9.15. The third-order valence-electron chi connectivity index (χ3n) is 7.59. The maximum Gasteiger partial charge on any atom is 0.410 e. The second-order valence-corrected chi connectivity index (χ2v) is 19.5. The topological polar surface area (TPSA) is 98.6 Å². The number of amides is 2. The molecule has 0 bridgehead atoms. The van der Waals surface area contributed by atoms with Gasteiger partial charge in [-0.25, -0.2) is 9.48 Å². The number of carbonyl (C=O) groups is 2. The Hall–Kier alpha value is -2.69. The van der Waals surface area contributed by atoms with Gasteiger partial charge in [-0.3, -0.25) is 4.79 Å². The minimum atomic E-state index is -1.21. The first-order valence-electron chi connectivity index (χ1n) is 15.1. The van der Waals surface area contributed by atoms with Crippen molar-refractivity contribution in [3.8, 4) is 0 Å². The van der Waals surface area contributed by atoms with Gasteiger partial charge in [0.15, 0.2) is 0 Å². The Labute approximate surface area is 256 Å². The number of likely N-dealkylation sites (tertiary alicyclic amines) is 1. The van der Waals surface area contributed by atoms with Crippen molar-refractivity contribution in [2.45, 2.75) is 103 Å². The number of anilines is 1. The van der Waals surface area contributed by atoms with Crippen molar-refractivity contribution in [3.05, 3.63) is 46.5 Å². The molecule has 0 unspecified atom stereocenters. The number of hydrogen-bond donors (Lipinski definition) is 1. The van der Waals surface area contributed by atoms with Crippen LogP contribution in [-0.4, -0.2) is 65.0 Å². The molecular weight excluding hydrogens is 570 g/mol. The molecule has 0 radical (unpaired) electrons. The summed E-state index contributed by atoms with van der Waals surface area (Å²) < 4.78 is 12.7. The number of allylic oxidation sites excluding steroid dienone is 2. The van der Waals surface area contributed by atoms with Gasteiger partial charge in [0.2, 0.25) is 11.1 Å². The summed E-state index contributed by atoms with van der Waals surface area (Å²) in [7, 11) is -1.21. The number of piperidine rings is 1. The van der Waals surface area contributed by atoms with E-state index in [0.717, 1.165) is 49.4 Å². The van der Waals surface area contributed by atoms with Crippen molar-refractivity contribution < 1.29 is 19.1 Å². The Balaban J connectivity index is 1.45. The Morgan fingerprint density at radius 1 is 1.14 bits per heavy atom. The Bertz CT molecular complexity index is 1290. The van der Waals surface area contributed by atoms with Gasteiger partial charge in [-0.05, 0) is 106 Å². The first kappa shape index (κ1) is 32.2. The molecule has 2 amide bonds. The Morgan fingerprint density at radius 2 is 1.88 bits per heavy atom. The average Bonchev–Trinajstić information content (AvgIpc) is 3.31. The summed E-state index contributed by atoms with van der Waals surface area (Å²) in [6.45, 7) is 14.6. The van der Waals surface area contributed by atoms with Crippen LogP contribution in [0.1, 0.15) is 87.0 Å². The van der Waals surface area contributed by atoms with E-state index in [0.29, 0.717) is 25.6 Å². The molecule has 9 nitrogen and oxygen atoms in total. The van der Waals surface area contributed by atoms with Crippen molar-refractivity contribution in [2.24, 2.45) is 0 Å². The molecule has 11 heteroatoms. The van der Waals surface area contributed by atoms with Gasteiger partial charge in [-0.2, -0.15) is 4.98 Å². The molecule has 230 valence electrons. The molecule has 1 aliphatic heterocycles. The molecule has 42 heavy (non-hydrogen) atoms. The molecule has 4 rings (SSSR count). The van der Waals surface area contributed by atoms with Crippen molar-refractivity contribution in [2.75, 3.05) is 25.0 Å². The number of carbonyl (C=O) groups excluding carboxylic acids is 2. The van der Waals surface area contributed by atoms with Crippen LogP contribution in [0.5, 0.6) is 0 Å². The number of nitrogens with one attached hydrogen (secondary N) is 1. The zero-order valence-electron chi connectivity index (χ0n) is 26.0. The van der Waals surface area contributed by atoms with Crippen molar-refractivity contribution >= 4 is 42.9 Å². The van der Waals surface area contributed by atoms with Crippen LogP contribution in [0.4, 0.5) is 10.5 Å². The number of benzene rings is 1. The largest absolute Gasteiger partial charge is 0.444 e. The first-order valence-corrected chi connectivity index (χ1v) is 19.2. The zero-order valence-corrected chi connectivity index (χ0v) is 27.7. The summed E-state index contributed by atoms with van der Waals surface area (Å²) in [6.07, 6.45) is 8.06. The minimum absolute atomic E-state index is 0.0101. The van der Waals surface area contributed by atoms with Gasteiger partial charge in [0.1, 0.15) is 12.3 Å². The molecule has 2 aliphatic rings. The highest BCUT2D eigenvalue weighted by atomic mass is 35.5. The number of hydrogen-bond acceptors (Lipinski definition) is 6. The maximum absolute atomic E-state index is 13.2. The normalized spacial score (nSPS) is 16.7. The van der Waals surface area contributed by atoms with Crippen LogP contribution in [0.15, 0.2) is 24.3 Å². The summed E-state index contributed by atoms with van der Waals surface area (Å²) in [6, 6.07) is 7.31. The van der Waals surface area contributed by atoms with Crippen molar-refractivity contribution in [3.63, 3.8) is 0 Å². The van der Waals surface area contributed by atoms with Gasteiger partial charge in [-0.15, -0.1) is 5.10 Å². The second-order valence-electron chi connectivity index (χ2n) is 13.5. The monoisotopic (exact) mass is 615 g/mol. The standard InChI is InChI=1S/C31H46ClN5O4Si/c1-31(2,3)41-30(39)36-16-14-22(15-17-36)24-12-13-26(25(20-24)23-10-8-7-9-11-23)33-28(38)27-34-29(32)37(35-27)21-40-18-19-42(4,5)6/h10,12-13,20,22H,7-9,11,14-19,21H2,1-6H3,(H,33,38). The van der Waals surface area contributed by atoms with Gasteiger partial charge in [0, 0.05) is 39.0 Å². The minimum Gasteiger partial charge on any atom is -0.444 e. The van der Waals surface area contributed by atoms with Gasteiger partial charge in [-0.1, -0.05) is 31.8 Å². The predicted octanol–water partition coefficient (Wildman–Crippen LogP) is 7.57. The quantitative estimate of drug-likeness (QED) is 0.231. The van der Waals surface area contributed by atoms with Crippen molar-refractivity contribution in [1.29, 1.82) is 0 Å².